The average molecular weight is 524 g/mol. The Morgan fingerprint density at radius 1 is 0.795 bits per heavy atom. The second-order valence-electron chi connectivity index (χ2n) is 9.36. The molecule has 0 saturated carbocycles. The van der Waals surface area contributed by atoms with Crippen LogP contribution in [-0.4, -0.2) is 42.2 Å². The van der Waals surface area contributed by atoms with Crippen LogP contribution in [0.2, 0.25) is 0 Å². The molecule has 39 heavy (non-hydrogen) atoms. The molecule has 0 spiro atoms. The van der Waals surface area contributed by atoms with Crippen molar-refractivity contribution in [3.05, 3.63) is 102 Å². The lowest BCUT2D eigenvalue weighted by atomic mass is 10.2. The number of anilines is 2. The zero-order valence-electron chi connectivity index (χ0n) is 21.5. The molecular formula is C31H29N3O5. The highest BCUT2D eigenvalue weighted by Crippen LogP contribution is 2.42. The van der Waals surface area contributed by atoms with Gasteiger partial charge in [-0.15, -0.1) is 0 Å². The van der Waals surface area contributed by atoms with Crippen molar-refractivity contribution in [3.8, 4) is 23.3 Å². The van der Waals surface area contributed by atoms with Crippen LogP contribution in [0.5, 0.6) is 23.3 Å². The fourth-order valence-corrected chi connectivity index (χ4v) is 4.44. The van der Waals surface area contributed by atoms with Crippen LogP contribution in [0.4, 0.5) is 16.2 Å². The first kappa shape index (κ1) is 24.6. The van der Waals surface area contributed by atoms with Gasteiger partial charge in [0.2, 0.25) is 11.8 Å². The van der Waals surface area contributed by atoms with Gasteiger partial charge in [0.15, 0.2) is 0 Å². The van der Waals surface area contributed by atoms with Gasteiger partial charge in [0.05, 0.1) is 12.2 Å². The van der Waals surface area contributed by atoms with Gasteiger partial charge in [-0.05, 0) is 35.7 Å². The van der Waals surface area contributed by atoms with E-state index in [2.05, 4.69) is 4.90 Å². The number of rotatable bonds is 8. The van der Waals surface area contributed by atoms with Crippen molar-refractivity contribution in [3.63, 3.8) is 0 Å². The number of likely N-dealkylation sites (tertiary alicyclic amines) is 1. The molecule has 3 heterocycles. The summed E-state index contributed by atoms with van der Waals surface area (Å²) in [7, 11) is 0. The van der Waals surface area contributed by atoms with E-state index in [-0.39, 0.29) is 6.09 Å². The molecule has 2 aliphatic heterocycles. The first-order chi connectivity index (χ1) is 19.2. The van der Waals surface area contributed by atoms with E-state index >= 15 is 0 Å². The van der Waals surface area contributed by atoms with E-state index in [1.54, 1.807) is 17.0 Å². The molecule has 4 aromatic rings. The van der Waals surface area contributed by atoms with Crippen molar-refractivity contribution < 1.29 is 23.7 Å². The van der Waals surface area contributed by atoms with Crippen LogP contribution in [0, 0.1) is 0 Å². The smallest absolute Gasteiger partial charge is 0.415 e. The second kappa shape index (κ2) is 11.3. The molecule has 3 aromatic carbocycles. The first-order valence-electron chi connectivity index (χ1n) is 13.1. The number of fused-ring (bicyclic) bond motifs is 1. The highest BCUT2D eigenvalue weighted by atomic mass is 16.6. The fourth-order valence-electron chi connectivity index (χ4n) is 4.44. The zero-order valence-corrected chi connectivity index (χ0v) is 21.5. The minimum absolute atomic E-state index is 0.333. The van der Waals surface area contributed by atoms with Crippen molar-refractivity contribution >= 4 is 17.5 Å². The minimum Gasteiger partial charge on any atom is -0.489 e. The van der Waals surface area contributed by atoms with Crippen molar-refractivity contribution in [2.75, 3.05) is 31.1 Å². The molecule has 0 N–H and O–H groups in total. The first-order valence-corrected chi connectivity index (χ1v) is 13.1. The van der Waals surface area contributed by atoms with E-state index in [1.807, 2.05) is 78.9 Å². The molecule has 0 unspecified atom stereocenters. The summed E-state index contributed by atoms with van der Waals surface area (Å²) < 4.78 is 23.7. The molecule has 1 aromatic heterocycles. The number of nitrogens with zero attached hydrogens (tertiary/aromatic N) is 3. The number of hydrogen-bond donors (Lipinski definition) is 0. The third-order valence-corrected chi connectivity index (χ3v) is 6.67. The third-order valence-electron chi connectivity index (χ3n) is 6.67. The van der Waals surface area contributed by atoms with Crippen molar-refractivity contribution in [1.82, 2.24) is 9.88 Å². The number of carbonyl (C=O) groups is 1. The predicted octanol–water partition coefficient (Wildman–Crippen LogP) is 5.97. The predicted molar refractivity (Wildman–Crippen MR) is 147 cm³/mol. The summed E-state index contributed by atoms with van der Waals surface area (Å²) in [6.07, 6.45) is 0.677. The van der Waals surface area contributed by atoms with E-state index in [0.29, 0.717) is 49.6 Å². The Morgan fingerprint density at radius 2 is 1.49 bits per heavy atom. The van der Waals surface area contributed by atoms with Gasteiger partial charge in [-0.3, -0.25) is 0 Å². The van der Waals surface area contributed by atoms with Gasteiger partial charge in [-0.25, -0.2) is 4.79 Å². The topological polar surface area (TPSA) is 73.4 Å². The molecule has 0 aliphatic carbocycles. The summed E-state index contributed by atoms with van der Waals surface area (Å²) in [6.45, 7) is 3.31. The van der Waals surface area contributed by atoms with Crippen LogP contribution in [-0.2, 0) is 13.2 Å². The molecule has 1 saturated heterocycles. The lowest BCUT2D eigenvalue weighted by molar-refractivity contribution is 0.125. The van der Waals surface area contributed by atoms with Gasteiger partial charge in [-0.1, -0.05) is 60.7 Å². The quantitative estimate of drug-likeness (QED) is 0.282. The molecule has 1 fully saturated rings. The summed E-state index contributed by atoms with van der Waals surface area (Å²) in [5, 5.41) is 0. The molecule has 0 radical (unpaired) electrons. The molecule has 0 bridgehead atoms. The van der Waals surface area contributed by atoms with Gasteiger partial charge in [-0.2, -0.15) is 4.98 Å². The van der Waals surface area contributed by atoms with E-state index in [0.717, 1.165) is 42.0 Å². The lowest BCUT2D eigenvalue weighted by Crippen LogP contribution is -2.43. The molecule has 0 atom stereocenters. The van der Waals surface area contributed by atoms with E-state index in [1.165, 1.54) is 0 Å². The monoisotopic (exact) mass is 523 g/mol. The number of ether oxygens (including phenoxy) is 4. The van der Waals surface area contributed by atoms with Gasteiger partial charge in [0.25, 0.3) is 0 Å². The van der Waals surface area contributed by atoms with Crippen LogP contribution < -0.4 is 23.8 Å². The Labute approximate surface area is 227 Å². The molecule has 6 rings (SSSR count). The number of aromatic nitrogens is 1. The van der Waals surface area contributed by atoms with Crippen LogP contribution >= 0.6 is 0 Å². The van der Waals surface area contributed by atoms with Crippen molar-refractivity contribution in [2.24, 2.45) is 0 Å². The average Bonchev–Trinajstić information content (AvgIpc) is 2.95. The highest BCUT2D eigenvalue weighted by molar-refractivity contribution is 5.76. The Hall–Kier alpha value is -4.72. The summed E-state index contributed by atoms with van der Waals surface area (Å²) in [4.78, 5) is 20.8. The summed E-state index contributed by atoms with van der Waals surface area (Å²) >= 11 is 0. The maximum absolute atomic E-state index is 12.3. The summed E-state index contributed by atoms with van der Waals surface area (Å²) in [6, 6.07) is 29.2. The SMILES string of the molecule is O=C(Oc1ccc2c(c1)OCCN2c1ccc(OCc2ccccc2)nc1OCc1ccccc1)N1CCC1. The number of pyridine rings is 1. The molecule has 8 heteroatoms. The van der Waals surface area contributed by atoms with Gasteiger partial charge in [0, 0.05) is 25.2 Å². The van der Waals surface area contributed by atoms with E-state index in [4.69, 9.17) is 23.9 Å². The minimum atomic E-state index is -0.333. The zero-order chi connectivity index (χ0) is 26.4. The maximum Gasteiger partial charge on any atom is 0.415 e. The van der Waals surface area contributed by atoms with E-state index < -0.39 is 0 Å². The van der Waals surface area contributed by atoms with Gasteiger partial charge >= 0.3 is 6.09 Å². The number of amides is 1. The third kappa shape index (κ3) is 5.75. The molecular weight excluding hydrogens is 494 g/mol. The Balaban J connectivity index is 1.26. The molecule has 1 amide bonds. The van der Waals surface area contributed by atoms with Gasteiger partial charge < -0.3 is 28.7 Å². The Morgan fingerprint density at radius 3 is 2.18 bits per heavy atom. The van der Waals surface area contributed by atoms with Crippen molar-refractivity contribution in [2.45, 2.75) is 19.6 Å². The van der Waals surface area contributed by atoms with Crippen LogP contribution in [0.1, 0.15) is 17.5 Å². The number of carbonyl (C=O) groups excluding carboxylic acids is 1. The number of hydrogen-bond acceptors (Lipinski definition) is 7. The fraction of sp³-hybridized carbons (Fsp3) is 0.226. The Bertz CT molecular complexity index is 1430. The van der Waals surface area contributed by atoms with Crippen LogP contribution in [0.25, 0.3) is 0 Å². The second-order valence-corrected chi connectivity index (χ2v) is 9.36. The van der Waals surface area contributed by atoms with Crippen molar-refractivity contribution in [1.29, 1.82) is 0 Å². The van der Waals surface area contributed by atoms with Crippen LogP contribution in [0.3, 0.4) is 0 Å². The standard InChI is InChI=1S/C31H29N3O5/c35-31(33-16-7-17-33)39-25-12-13-26-28(20-25)36-19-18-34(26)27-14-15-29(37-21-23-8-3-1-4-9-23)32-30(27)38-22-24-10-5-2-6-11-24/h1-6,8-15,20H,7,16-19,21-22H2. The molecule has 2 aliphatic rings. The van der Waals surface area contributed by atoms with Crippen LogP contribution in [0.15, 0.2) is 91.0 Å². The largest absolute Gasteiger partial charge is 0.489 e. The molecule has 198 valence electrons. The number of benzene rings is 3. The normalized spacial score (nSPS) is 14.1. The summed E-state index contributed by atoms with van der Waals surface area (Å²) in [5.41, 5.74) is 3.74. The highest BCUT2D eigenvalue weighted by Gasteiger charge is 2.26. The Kier molecular flexibility index (Phi) is 7.16. The maximum atomic E-state index is 12.3. The van der Waals surface area contributed by atoms with Gasteiger partial charge in [0.1, 0.15) is 37.0 Å². The molecule has 8 nitrogen and oxygen atoms in total. The summed E-state index contributed by atoms with van der Waals surface area (Å²) in [5.74, 6) is 2.03. The van der Waals surface area contributed by atoms with E-state index in [9.17, 15) is 4.79 Å². The lowest BCUT2D eigenvalue weighted by Gasteiger charge is -2.32.